The summed E-state index contributed by atoms with van der Waals surface area (Å²) in [5, 5.41) is 3.99. The van der Waals surface area contributed by atoms with Crippen molar-refractivity contribution in [1.29, 1.82) is 0 Å². The Morgan fingerprint density at radius 3 is 2.67 bits per heavy atom. The molecule has 0 N–H and O–H groups in total. The van der Waals surface area contributed by atoms with Crippen molar-refractivity contribution in [2.45, 2.75) is 13.1 Å². The Bertz CT molecular complexity index is 1380. The highest BCUT2D eigenvalue weighted by Crippen LogP contribution is 2.34. The van der Waals surface area contributed by atoms with Crippen LogP contribution >= 0.6 is 23.2 Å². The fraction of sp³-hybridized carbons (Fsp3) is 0.143. The van der Waals surface area contributed by atoms with Gasteiger partial charge in [0.2, 0.25) is 5.82 Å². The number of fused-ring (bicyclic) bond motifs is 1. The molecule has 0 saturated heterocycles. The quantitative estimate of drug-likeness (QED) is 0.250. The number of carbonyl (C=O) groups is 1. The Labute approximate surface area is 194 Å². The number of alkyl halides is 3. The van der Waals surface area contributed by atoms with Crippen LogP contribution in [0.4, 0.5) is 13.2 Å². The van der Waals surface area contributed by atoms with Gasteiger partial charge in [-0.3, -0.25) is 0 Å². The molecule has 0 fully saturated rings. The molecular weight excluding hydrogens is 484 g/mol. The molecule has 4 rings (SSSR count). The van der Waals surface area contributed by atoms with E-state index in [1.54, 1.807) is 31.2 Å². The van der Waals surface area contributed by atoms with Gasteiger partial charge in [-0.15, -0.1) is 0 Å². The molecule has 0 amide bonds. The molecule has 0 radical (unpaired) electrons. The molecule has 33 heavy (non-hydrogen) atoms. The Morgan fingerprint density at radius 2 is 1.97 bits per heavy atom. The second-order valence-electron chi connectivity index (χ2n) is 6.68. The Kier molecular flexibility index (Phi) is 6.13. The van der Waals surface area contributed by atoms with Crippen molar-refractivity contribution < 1.29 is 27.2 Å². The van der Waals surface area contributed by atoms with Gasteiger partial charge < -0.3 is 13.7 Å². The van der Waals surface area contributed by atoms with E-state index in [1.807, 2.05) is 0 Å². The molecule has 170 valence electrons. The second kappa shape index (κ2) is 8.87. The average molecular weight is 497 g/mol. The Balaban J connectivity index is 1.62. The molecule has 0 saturated carbocycles. The summed E-state index contributed by atoms with van der Waals surface area (Å²) in [6, 6.07) is 5.73. The fourth-order valence-corrected chi connectivity index (χ4v) is 3.45. The number of pyridine rings is 1. The van der Waals surface area contributed by atoms with Gasteiger partial charge >= 0.3 is 12.1 Å². The number of hydrogen-bond donors (Lipinski definition) is 0. The fourth-order valence-electron chi connectivity index (χ4n) is 2.92. The standard InChI is InChI=1S/C21H13Cl2F3N4O3/c1-2-32-17(31)6-4-11-3-5-13(14(22)7-11)18-28-20(33-29-18)16-10-30-9-12(21(24,25)26)8-15(23)19(30)27-16/h3-10H,2H2,1H3. The van der Waals surface area contributed by atoms with E-state index in [9.17, 15) is 18.0 Å². The molecule has 7 nitrogen and oxygen atoms in total. The van der Waals surface area contributed by atoms with Gasteiger partial charge in [-0.25, -0.2) is 9.78 Å². The van der Waals surface area contributed by atoms with Gasteiger partial charge in [0.15, 0.2) is 5.65 Å². The minimum absolute atomic E-state index is 0.0272. The van der Waals surface area contributed by atoms with Gasteiger partial charge in [0.1, 0.15) is 5.69 Å². The van der Waals surface area contributed by atoms with E-state index in [1.165, 1.54) is 12.3 Å². The van der Waals surface area contributed by atoms with Crippen molar-refractivity contribution in [2.75, 3.05) is 6.61 Å². The highest BCUT2D eigenvalue weighted by atomic mass is 35.5. The number of imidazole rings is 1. The summed E-state index contributed by atoms with van der Waals surface area (Å²) in [6.45, 7) is 1.97. The molecule has 0 bridgehead atoms. The molecule has 0 aliphatic rings. The first-order valence-corrected chi connectivity index (χ1v) is 10.2. The van der Waals surface area contributed by atoms with Crippen molar-refractivity contribution in [1.82, 2.24) is 19.5 Å². The average Bonchev–Trinajstić information content (AvgIpc) is 3.39. The number of benzene rings is 1. The summed E-state index contributed by atoms with van der Waals surface area (Å²) in [7, 11) is 0. The largest absolute Gasteiger partial charge is 0.463 e. The first-order valence-electron chi connectivity index (χ1n) is 9.40. The van der Waals surface area contributed by atoms with Crippen LogP contribution in [0, 0.1) is 0 Å². The number of carbonyl (C=O) groups excluding carboxylic acids is 1. The van der Waals surface area contributed by atoms with Gasteiger partial charge in [-0.05, 0) is 36.8 Å². The van der Waals surface area contributed by atoms with Crippen molar-refractivity contribution in [3.05, 3.63) is 63.9 Å². The lowest BCUT2D eigenvalue weighted by molar-refractivity contribution is -0.138. The lowest BCUT2D eigenvalue weighted by atomic mass is 10.1. The topological polar surface area (TPSA) is 82.5 Å². The summed E-state index contributed by atoms with van der Waals surface area (Å²) >= 11 is 12.3. The molecule has 0 unspecified atom stereocenters. The van der Waals surface area contributed by atoms with E-state index < -0.39 is 17.7 Å². The zero-order valence-corrected chi connectivity index (χ0v) is 18.2. The molecule has 0 spiro atoms. The molecule has 12 heteroatoms. The third-order valence-corrected chi connectivity index (χ3v) is 5.00. The van der Waals surface area contributed by atoms with E-state index in [0.717, 1.165) is 16.7 Å². The van der Waals surface area contributed by atoms with Crippen LogP contribution in [0.25, 0.3) is 34.7 Å². The maximum absolute atomic E-state index is 13.0. The van der Waals surface area contributed by atoms with Gasteiger partial charge in [-0.2, -0.15) is 18.2 Å². The molecule has 4 aromatic rings. The van der Waals surface area contributed by atoms with E-state index in [-0.39, 0.29) is 34.7 Å². The van der Waals surface area contributed by atoms with Crippen LogP contribution < -0.4 is 0 Å². The number of hydrogen-bond acceptors (Lipinski definition) is 6. The lowest BCUT2D eigenvalue weighted by Gasteiger charge is -2.07. The van der Waals surface area contributed by atoms with Crippen molar-refractivity contribution in [2.24, 2.45) is 0 Å². The maximum Gasteiger partial charge on any atom is 0.417 e. The number of rotatable bonds is 5. The van der Waals surface area contributed by atoms with Crippen LogP contribution in [0.3, 0.4) is 0 Å². The number of ether oxygens (including phenoxy) is 1. The van der Waals surface area contributed by atoms with E-state index >= 15 is 0 Å². The monoisotopic (exact) mass is 496 g/mol. The highest BCUT2D eigenvalue weighted by molar-refractivity contribution is 6.33. The predicted molar refractivity (Wildman–Crippen MR) is 115 cm³/mol. The van der Waals surface area contributed by atoms with Crippen LogP contribution in [-0.2, 0) is 15.7 Å². The van der Waals surface area contributed by atoms with Crippen molar-refractivity contribution in [3.8, 4) is 23.0 Å². The SMILES string of the molecule is CCOC(=O)C=Cc1ccc(-c2noc(-c3cn4cc(C(F)(F)F)cc(Cl)c4n3)n2)c(Cl)c1. The number of aromatic nitrogens is 4. The zero-order valence-electron chi connectivity index (χ0n) is 16.7. The zero-order chi connectivity index (χ0) is 23.8. The first-order chi connectivity index (χ1) is 15.7. The second-order valence-corrected chi connectivity index (χ2v) is 7.49. The van der Waals surface area contributed by atoms with Crippen molar-refractivity contribution in [3.63, 3.8) is 0 Å². The molecule has 0 aliphatic carbocycles. The molecular formula is C21H13Cl2F3N4O3. The highest BCUT2D eigenvalue weighted by Gasteiger charge is 2.32. The van der Waals surface area contributed by atoms with Gasteiger partial charge in [0.25, 0.3) is 5.89 Å². The van der Waals surface area contributed by atoms with Crippen LogP contribution in [0.5, 0.6) is 0 Å². The van der Waals surface area contributed by atoms with Crippen LogP contribution in [0.15, 0.2) is 47.3 Å². The summed E-state index contributed by atoms with van der Waals surface area (Å²) in [6.07, 6.45) is 0.437. The van der Waals surface area contributed by atoms with Gasteiger partial charge in [0.05, 0.1) is 22.2 Å². The van der Waals surface area contributed by atoms with Crippen LogP contribution in [0.1, 0.15) is 18.1 Å². The normalized spacial score (nSPS) is 12.1. The third-order valence-electron chi connectivity index (χ3n) is 4.41. The molecule has 3 aromatic heterocycles. The smallest absolute Gasteiger partial charge is 0.417 e. The number of halogens is 5. The third kappa shape index (κ3) is 4.86. The summed E-state index contributed by atoms with van der Waals surface area (Å²) < 4.78 is 50.3. The van der Waals surface area contributed by atoms with Gasteiger partial charge in [-0.1, -0.05) is 34.4 Å². The Hall–Kier alpha value is -3.37. The molecule has 0 atom stereocenters. The first kappa shape index (κ1) is 22.8. The van der Waals surface area contributed by atoms with Gasteiger partial charge in [0, 0.05) is 24.0 Å². The molecule has 1 aromatic carbocycles. The minimum Gasteiger partial charge on any atom is -0.463 e. The summed E-state index contributed by atoms with van der Waals surface area (Å²) in [5.74, 6) is -0.355. The lowest BCUT2D eigenvalue weighted by Crippen LogP contribution is -2.06. The van der Waals surface area contributed by atoms with Crippen LogP contribution in [0.2, 0.25) is 10.0 Å². The van der Waals surface area contributed by atoms with E-state index in [0.29, 0.717) is 16.1 Å². The van der Waals surface area contributed by atoms with Crippen LogP contribution in [-0.4, -0.2) is 32.1 Å². The van der Waals surface area contributed by atoms with Crippen molar-refractivity contribution >= 4 is 40.9 Å². The number of esters is 1. The predicted octanol–water partition coefficient (Wildman–Crippen LogP) is 5.95. The summed E-state index contributed by atoms with van der Waals surface area (Å²) in [5.41, 5.74) is 0.423. The van der Waals surface area contributed by atoms with E-state index in [4.69, 9.17) is 32.5 Å². The maximum atomic E-state index is 13.0. The molecule has 0 aliphatic heterocycles. The minimum atomic E-state index is -4.56. The summed E-state index contributed by atoms with van der Waals surface area (Å²) in [4.78, 5) is 19.9. The number of nitrogens with zero attached hydrogens (tertiary/aromatic N) is 4. The molecule has 3 heterocycles. The Morgan fingerprint density at radius 1 is 1.18 bits per heavy atom. The van der Waals surface area contributed by atoms with E-state index in [2.05, 4.69) is 15.1 Å².